The van der Waals surface area contributed by atoms with Crippen molar-refractivity contribution in [2.45, 2.75) is 32.4 Å². The second-order valence-corrected chi connectivity index (χ2v) is 5.87. The Morgan fingerprint density at radius 3 is 2.67 bits per heavy atom. The summed E-state index contributed by atoms with van der Waals surface area (Å²) in [6, 6.07) is 0. The SMILES string of the molecule is CC(C)c1nc2scc(C(=O)O)c2c(=O)n1CC(O)CO. The molecule has 0 aliphatic rings. The third-order valence-electron chi connectivity index (χ3n) is 3.07. The molecule has 3 N–H and O–H groups in total. The molecule has 2 aromatic rings. The molecule has 0 spiro atoms. The molecule has 0 bridgehead atoms. The minimum absolute atomic E-state index is 0.0436. The summed E-state index contributed by atoms with van der Waals surface area (Å²) >= 11 is 1.10. The number of aromatic nitrogens is 2. The molecule has 0 fully saturated rings. The highest BCUT2D eigenvalue weighted by Gasteiger charge is 2.21. The molecule has 2 rings (SSSR count). The average Bonchev–Trinajstić information content (AvgIpc) is 2.85. The van der Waals surface area contributed by atoms with Gasteiger partial charge in [-0.05, 0) is 0 Å². The van der Waals surface area contributed by atoms with Crippen LogP contribution in [0.2, 0.25) is 0 Å². The molecule has 2 heterocycles. The number of hydrogen-bond donors (Lipinski definition) is 3. The van der Waals surface area contributed by atoms with Gasteiger partial charge in [0.2, 0.25) is 0 Å². The number of rotatable bonds is 5. The standard InChI is InChI=1S/C13H16N2O5S/c1-6(2)10-14-11-9(8(5-21-11)13(19)20)12(18)15(10)3-7(17)4-16/h5-7,16-17H,3-4H2,1-2H3,(H,19,20). The highest BCUT2D eigenvalue weighted by molar-refractivity contribution is 7.17. The van der Waals surface area contributed by atoms with Crippen LogP contribution in [0.5, 0.6) is 0 Å². The Balaban J connectivity index is 2.76. The van der Waals surface area contributed by atoms with Gasteiger partial charge in [0.1, 0.15) is 10.7 Å². The summed E-state index contributed by atoms with van der Waals surface area (Å²) in [6.07, 6.45) is -1.11. The van der Waals surface area contributed by atoms with Gasteiger partial charge in [-0.25, -0.2) is 9.78 Å². The van der Waals surface area contributed by atoms with E-state index in [0.717, 1.165) is 11.3 Å². The van der Waals surface area contributed by atoms with E-state index in [1.54, 1.807) is 0 Å². The fourth-order valence-corrected chi connectivity index (χ4v) is 2.99. The summed E-state index contributed by atoms with van der Waals surface area (Å²) < 4.78 is 1.24. The molecule has 0 saturated heterocycles. The van der Waals surface area contributed by atoms with E-state index >= 15 is 0 Å². The minimum atomic E-state index is -1.19. The first-order valence-corrected chi connectivity index (χ1v) is 7.28. The Morgan fingerprint density at radius 1 is 1.48 bits per heavy atom. The molecule has 1 atom stereocenters. The van der Waals surface area contributed by atoms with Gasteiger partial charge in [-0.2, -0.15) is 0 Å². The maximum Gasteiger partial charge on any atom is 0.337 e. The van der Waals surface area contributed by atoms with Crippen molar-refractivity contribution in [3.8, 4) is 0 Å². The highest BCUT2D eigenvalue weighted by atomic mass is 32.1. The van der Waals surface area contributed by atoms with Gasteiger partial charge in [-0.15, -0.1) is 11.3 Å². The van der Waals surface area contributed by atoms with Gasteiger partial charge in [-0.1, -0.05) is 13.8 Å². The van der Waals surface area contributed by atoms with E-state index in [0.29, 0.717) is 10.7 Å². The van der Waals surface area contributed by atoms with E-state index in [1.165, 1.54) is 9.95 Å². The predicted molar refractivity (Wildman–Crippen MR) is 78.0 cm³/mol. The van der Waals surface area contributed by atoms with Crippen LogP contribution in [-0.2, 0) is 6.54 Å². The van der Waals surface area contributed by atoms with Crippen molar-refractivity contribution in [3.63, 3.8) is 0 Å². The van der Waals surface area contributed by atoms with Crippen molar-refractivity contribution in [2.75, 3.05) is 6.61 Å². The number of aliphatic hydroxyl groups is 2. The summed E-state index contributed by atoms with van der Waals surface area (Å²) in [6.45, 7) is 3.08. The van der Waals surface area contributed by atoms with E-state index in [1.807, 2.05) is 13.8 Å². The smallest absolute Gasteiger partial charge is 0.337 e. The number of carboxylic acid groups (broad SMARTS) is 1. The predicted octanol–water partition coefficient (Wildman–Crippen LogP) is 0.633. The van der Waals surface area contributed by atoms with Crippen LogP contribution in [0.3, 0.4) is 0 Å². The molecular formula is C13H16N2O5S. The van der Waals surface area contributed by atoms with Crippen molar-refractivity contribution in [1.29, 1.82) is 0 Å². The molecule has 7 nitrogen and oxygen atoms in total. The van der Waals surface area contributed by atoms with Gasteiger partial charge in [0, 0.05) is 11.3 Å². The minimum Gasteiger partial charge on any atom is -0.478 e. The van der Waals surface area contributed by atoms with Crippen molar-refractivity contribution in [1.82, 2.24) is 9.55 Å². The van der Waals surface area contributed by atoms with Gasteiger partial charge < -0.3 is 15.3 Å². The summed E-state index contributed by atoms with van der Waals surface area (Å²) in [4.78, 5) is 28.5. The van der Waals surface area contributed by atoms with E-state index in [4.69, 9.17) is 10.2 Å². The number of hydrogen-bond acceptors (Lipinski definition) is 6. The molecule has 2 aromatic heterocycles. The number of carboxylic acids is 1. The molecule has 0 radical (unpaired) electrons. The number of thiophene rings is 1. The third-order valence-corrected chi connectivity index (χ3v) is 3.95. The molecule has 0 aromatic carbocycles. The van der Waals surface area contributed by atoms with Gasteiger partial charge in [0.05, 0.1) is 30.2 Å². The molecule has 21 heavy (non-hydrogen) atoms. The lowest BCUT2D eigenvalue weighted by Crippen LogP contribution is -2.32. The fourth-order valence-electron chi connectivity index (χ4n) is 2.08. The molecule has 0 saturated carbocycles. The Labute approximate surface area is 124 Å². The first kappa shape index (κ1) is 15.6. The number of aliphatic hydroxyl groups excluding tert-OH is 2. The van der Waals surface area contributed by atoms with Crippen LogP contribution in [0.1, 0.15) is 35.9 Å². The van der Waals surface area contributed by atoms with E-state index in [2.05, 4.69) is 4.98 Å². The maximum absolute atomic E-state index is 12.6. The van der Waals surface area contributed by atoms with Gasteiger partial charge in [0.25, 0.3) is 5.56 Å². The number of nitrogens with zero attached hydrogens (tertiary/aromatic N) is 2. The zero-order chi connectivity index (χ0) is 15.7. The van der Waals surface area contributed by atoms with E-state index < -0.39 is 24.2 Å². The first-order chi connectivity index (χ1) is 9.86. The number of carbonyl (C=O) groups is 1. The number of aromatic carboxylic acids is 1. The van der Waals surface area contributed by atoms with E-state index in [-0.39, 0.29) is 23.4 Å². The summed E-state index contributed by atoms with van der Waals surface area (Å²) in [7, 11) is 0. The highest BCUT2D eigenvalue weighted by Crippen LogP contribution is 2.23. The molecule has 0 aliphatic heterocycles. The zero-order valence-electron chi connectivity index (χ0n) is 11.6. The topological polar surface area (TPSA) is 113 Å². The van der Waals surface area contributed by atoms with Crippen LogP contribution in [0.4, 0.5) is 0 Å². The molecule has 0 aliphatic carbocycles. The first-order valence-electron chi connectivity index (χ1n) is 6.41. The summed E-state index contributed by atoms with van der Waals surface area (Å²) in [5.74, 6) is -0.811. The van der Waals surface area contributed by atoms with Crippen LogP contribution < -0.4 is 5.56 Å². The van der Waals surface area contributed by atoms with Gasteiger partial charge in [0.15, 0.2) is 0 Å². The normalized spacial score (nSPS) is 13.0. The van der Waals surface area contributed by atoms with Gasteiger partial charge >= 0.3 is 5.97 Å². The van der Waals surface area contributed by atoms with Crippen molar-refractivity contribution < 1.29 is 20.1 Å². The summed E-state index contributed by atoms with van der Waals surface area (Å²) in [5, 5.41) is 29.1. The van der Waals surface area contributed by atoms with E-state index in [9.17, 15) is 14.7 Å². The molecule has 114 valence electrons. The Morgan fingerprint density at radius 2 is 2.14 bits per heavy atom. The Kier molecular flexibility index (Phi) is 4.40. The zero-order valence-corrected chi connectivity index (χ0v) is 12.4. The van der Waals surface area contributed by atoms with Crippen LogP contribution in [-0.4, -0.2) is 43.6 Å². The van der Waals surface area contributed by atoms with Crippen LogP contribution in [0.15, 0.2) is 10.2 Å². The van der Waals surface area contributed by atoms with Crippen LogP contribution in [0, 0.1) is 0 Å². The quantitative estimate of drug-likeness (QED) is 0.746. The molecular weight excluding hydrogens is 296 g/mol. The Hall–Kier alpha value is -1.77. The van der Waals surface area contributed by atoms with Crippen LogP contribution >= 0.6 is 11.3 Å². The second-order valence-electron chi connectivity index (χ2n) is 5.01. The second kappa shape index (κ2) is 5.92. The Bertz CT molecular complexity index is 734. The largest absolute Gasteiger partial charge is 0.478 e. The lowest BCUT2D eigenvalue weighted by atomic mass is 10.1. The average molecular weight is 312 g/mol. The van der Waals surface area contributed by atoms with Crippen molar-refractivity contribution in [3.05, 3.63) is 27.1 Å². The third kappa shape index (κ3) is 2.82. The fraction of sp³-hybridized carbons (Fsp3) is 0.462. The lowest BCUT2D eigenvalue weighted by Gasteiger charge is -2.17. The maximum atomic E-state index is 12.6. The molecule has 1 unspecified atom stereocenters. The summed E-state index contributed by atoms with van der Waals surface area (Å²) in [5.41, 5.74) is -0.593. The number of fused-ring (bicyclic) bond motifs is 1. The molecule has 8 heteroatoms. The van der Waals surface area contributed by atoms with Gasteiger partial charge in [-0.3, -0.25) is 9.36 Å². The monoisotopic (exact) mass is 312 g/mol. The van der Waals surface area contributed by atoms with Crippen molar-refractivity contribution >= 4 is 27.5 Å². The lowest BCUT2D eigenvalue weighted by molar-refractivity contribution is 0.0699. The van der Waals surface area contributed by atoms with Crippen molar-refractivity contribution in [2.24, 2.45) is 0 Å². The molecule has 0 amide bonds. The van der Waals surface area contributed by atoms with Crippen LogP contribution in [0.25, 0.3) is 10.2 Å².